The van der Waals surface area contributed by atoms with E-state index in [0.717, 1.165) is 72.5 Å². The lowest BCUT2D eigenvalue weighted by atomic mass is 9.93. The van der Waals surface area contributed by atoms with Crippen LogP contribution in [0.5, 0.6) is 0 Å². The lowest BCUT2D eigenvalue weighted by Gasteiger charge is -2.19. The van der Waals surface area contributed by atoms with Gasteiger partial charge in [-0.15, -0.1) is 15.7 Å². The van der Waals surface area contributed by atoms with Crippen molar-refractivity contribution in [2.24, 2.45) is 9.50 Å². The van der Waals surface area contributed by atoms with Gasteiger partial charge in [-0.05, 0) is 60.8 Å². The Hall–Kier alpha value is -2.40. The van der Waals surface area contributed by atoms with Crippen molar-refractivity contribution in [3.05, 3.63) is 39.0 Å². The van der Waals surface area contributed by atoms with E-state index in [1.165, 1.54) is 0 Å². The van der Waals surface area contributed by atoms with Crippen LogP contribution in [0.1, 0.15) is 45.7 Å². The molecule has 1 unspecified atom stereocenters. The van der Waals surface area contributed by atoms with Gasteiger partial charge in [0, 0.05) is 5.69 Å². The zero-order chi connectivity index (χ0) is 23.1. The molecule has 2 amide bonds. The first kappa shape index (κ1) is 22.8. The van der Waals surface area contributed by atoms with Gasteiger partial charge in [0.1, 0.15) is 9.22 Å². The third-order valence-electron chi connectivity index (χ3n) is 5.90. The average molecular weight is 478 g/mol. The van der Waals surface area contributed by atoms with E-state index in [-0.39, 0.29) is 9.22 Å². The molecule has 2 aromatic rings. The minimum Gasteiger partial charge on any atom is -0.393 e. The summed E-state index contributed by atoms with van der Waals surface area (Å²) in [6.45, 7) is -1.59. The summed E-state index contributed by atoms with van der Waals surface area (Å²) in [6.07, 6.45) is 5.93. The van der Waals surface area contributed by atoms with Crippen LogP contribution in [0.3, 0.4) is 0 Å². The highest BCUT2D eigenvalue weighted by Crippen LogP contribution is 2.41. The molecule has 0 saturated carbocycles. The average Bonchev–Trinajstić information content (AvgIpc) is 3.53. The summed E-state index contributed by atoms with van der Waals surface area (Å²) >= 11 is 0.698. The van der Waals surface area contributed by atoms with Gasteiger partial charge in [0.2, 0.25) is 0 Å². The highest BCUT2D eigenvalue weighted by atomic mass is 32.2. The van der Waals surface area contributed by atoms with Gasteiger partial charge in [-0.1, -0.05) is 0 Å². The molecule has 1 atom stereocenters. The molecule has 0 spiro atoms. The highest BCUT2D eigenvalue weighted by molar-refractivity contribution is 7.93. The van der Waals surface area contributed by atoms with E-state index in [1.54, 1.807) is 0 Å². The maximum Gasteiger partial charge on any atom is 0.354 e. The number of nitrogens with one attached hydrogen (secondary N) is 1. The summed E-state index contributed by atoms with van der Waals surface area (Å²) < 4.78 is 16.5. The maximum atomic E-state index is 12.9. The minimum absolute atomic E-state index is 0.0711. The number of carbonyl (C=O) groups excluding carboxylic acids is 1. The quantitative estimate of drug-likeness (QED) is 0.427. The number of aromatic nitrogens is 1. The standard InChI is InChI=1S/C20H23N5O5S2/c21-7-15-11-3-1-5-13(11)17(14-6-2-4-12(14)15)24-19(28)25-32(22,30)16-8-23-18(31-16)20(29,9-26)10-27/h8,26-27,29H,1-6,9-10H2,(H3,22,24,25,28,30). The van der Waals surface area contributed by atoms with Crippen LogP contribution in [0.15, 0.2) is 14.8 Å². The molecule has 1 aromatic heterocycles. The van der Waals surface area contributed by atoms with Crippen molar-refractivity contribution in [3.63, 3.8) is 0 Å². The lowest BCUT2D eigenvalue weighted by Crippen LogP contribution is -2.34. The lowest BCUT2D eigenvalue weighted by molar-refractivity contribution is -0.0599. The first-order valence-corrected chi connectivity index (χ1v) is 12.5. The van der Waals surface area contributed by atoms with Crippen LogP contribution >= 0.6 is 11.3 Å². The number of fused-ring (bicyclic) bond motifs is 2. The predicted octanol–water partition coefficient (Wildman–Crippen LogP) is 1.10. The van der Waals surface area contributed by atoms with Crippen LogP contribution in [0.25, 0.3) is 0 Å². The molecule has 10 nitrogen and oxygen atoms in total. The normalized spacial score (nSPS) is 16.7. The number of rotatable bonds is 5. The molecule has 0 bridgehead atoms. The molecule has 0 saturated heterocycles. The summed E-state index contributed by atoms with van der Waals surface area (Å²) in [7, 11) is -3.68. The number of urea groups is 1. The molecule has 1 aromatic carbocycles. The third-order valence-corrected chi connectivity index (χ3v) is 8.97. The smallest absolute Gasteiger partial charge is 0.354 e. The van der Waals surface area contributed by atoms with Gasteiger partial charge in [-0.3, -0.25) is 0 Å². The molecule has 4 rings (SSSR count). The molecular formula is C20H23N5O5S2. The van der Waals surface area contributed by atoms with Crippen LogP contribution in [0, 0.1) is 11.3 Å². The van der Waals surface area contributed by atoms with Crippen LogP contribution in [0.4, 0.5) is 10.5 Å². The third kappa shape index (κ3) is 3.81. The van der Waals surface area contributed by atoms with Gasteiger partial charge in [0.05, 0.1) is 31.0 Å². The second kappa shape index (κ2) is 8.51. The zero-order valence-corrected chi connectivity index (χ0v) is 18.8. The molecule has 2 aliphatic rings. The summed E-state index contributed by atoms with van der Waals surface area (Å²) in [5.41, 5.74) is 3.17. The first-order chi connectivity index (χ1) is 15.2. The Morgan fingerprint density at radius 1 is 1.22 bits per heavy atom. The number of anilines is 1. The number of aliphatic hydroxyl groups excluding tert-OH is 2. The molecular weight excluding hydrogens is 454 g/mol. The summed E-state index contributed by atoms with van der Waals surface area (Å²) in [5.74, 6) is 0. The second-order valence-corrected chi connectivity index (χ2v) is 11.0. The van der Waals surface area contributed by atoms with Crippen molar-refractivity contribution in [1.82, 2.24) is 4.98 Å². The Bertz CT molecular complexity index is 1220. The summed E-state index contributed by atoms with van der Waals surface area (Å²) in [5, 5.41) is 46.9. The second-order valence-electron chi connectivity index (χ2n) is 7.91. The van der Waals surface area contributed by atoms with Crippen molar-refractivity contribution in [1.29, 1.82) is 5.26 Å². The Balaban J connectivity index is 1.67. The molecule has 0 radical (unpaired) electrons. The summed E-state index contributed by atoms with van der Waals surface area (Å²) in [6, 6.07) is 1.45. The first-order valence-electron chi connectivity index (χ1n) is 10.1. The van der Waals surface area contributed by atoms with Gasteiger partial charge in [0.25, 0.3) is 0 Å². The molecule has 12 heteroatoms. The van der Waals surface area contributed by atoms with Gasteiger partial charge in [0.15, 0.2) is 15.5 Å². The Kier molecular flexibility index (Phi) is 6.06. The van der Waals surface area contributed by atoms with Crippen molar-refractivity contribution in [2.45, 2.75) is 48.3 Å². The van der Waals surface area contributed by atoms with Crippen molar-refractivity contribution >= 4 is 33.0 Å². The number of thiazole rings is 1. The zero-order valence-electron chi connectivity index (χ0n) is 17.1. The van der Waals surface area contributed by atoms with E-state index >= 15 is 0 Å². The number of aliphatic hydroxyl groups is 3. The van der Waals surface area contributed by atoms with E-state index in [0.29, 0.717) is 17.0 Å². The number of hydrogen-bond donors (Lipinski definition) is 5. The number of nitrogens with zero attached hydrogens (tertiary/aromatic N) is 3. The van der Waals surface area contributed by atoms with Gasteiger partial charge in [-0.25, -0.2) is 19.1 Å². The van der Waals surface area contributed by atoms with Gasteiger partial charge >= 0.3 is 6.03 Å². The van der Waals surface area contributed by atoms with Crippen LogP contribution < -0.4 is 10.5 Å². The highest BCUT2D eigenvalue weighted by Gasteiger charge is 2.33. The monoisotopic (exact) mass is 477 g/mol. The van der Waals surface area contributed by atoms with Gasteiger partial charge < -0.3 is 20.6 Å². The number of benzene rings is 1. The fourth-order valence-corrected chi connectivity index (χ4v) is 6.47. The predicted molar refractivity (Wildman–Crippen MR) is 117 cm³/mol. The van der Waals surface area contributed by atoms with Crippen molar-refractivity contribution < 1.29 is 24.3 Å². The van der Waals surface area contributed by atoms with Crippen LogP contribution in [-0.2, 0) is 41.2 Å². The van der Waals surface area contributed by atoms with E-state index in [1.807, 2.05) is 0 Å². The van der Waals surface area contributed by atoms with E-state index in [2.05, 4.69) is 20.7 Å². The Morgan fingerprint density at radius 3 is 2.31 bits per heavy atom. The van der Waals surface area contributed by atoms with Gasteiger partial charge in [-0.2, -0.15) is 5.26 Å². The molecule has 1 heterocycles. The van der Waals surface area contributed by atoms with Crippen molar-refractivity contribution in [3.8, 4) is 6.07 Å². The number of nitriles is 1. The summed E-state index contributed by atoms with van der Waals surface area (Å²) in [4.78, 5) is 16.6. The van der Waals surface area contributed by atoms with Crippen LogP contribution in [0.2, 0.25) is 0 Å². The van der Waals surface area contributed by atoms with E-state index in [9.17, 15) is 29.6 Å². The molecule has 32 heavy (non-hydrogen) atoms. The fourth-order valence-electron chi connectivity index (χ4n) is 4.33. The molecule has 6 N–H and O–H groups in total. The molecule has 2 aliphatic carbocycles. The largest absolute Gasteiger partial charge is 0.393 e. The topological polar surface area (TPSA) is 182 Å². The minimum atomic E-state index is -3.68. The van der Waals surface area contributed by atoms with E-state index in [4.69, 9.17) is 5.14 Å². The molecule has 0 aliphatic heterocycles. The number of nitrogens with two attached hydrogens (primary N) is 1. The van der Waals surface area contributed by atoms with Crippen LogP contribution in [-0.4, -0.2) is 43.8 Å². The van der Waals surface area contributed by atoms with E-state index < -0.39 is 34.8 Å². The SMILES string of the molecule is N#Cc1c2c(c(NC(=O)N=S(N)(=O)c3cnc(C(O)(CO)CO)s3)c3c1CCC3)CCC2. The number of hydrogen-bond acceptors (Lipinski definition) is 8. The fraction of sp³-hybridized carbons (Fsp3) is 0.450. The molecule has 0 fully saturated rings. The Labute approximate surface area is 189 Å². The van der Waals surface area contributed by atoms with Crippen molar-refractivity contribution in [2.75, 3.05) is 18.5 Å². The number of carbonyl (C=O) groups is 1. The maximum absolute atomic E-state index is 12.9. The number of amides is 2. The Morgan fingerprint density at radius 2 is 1.78 bits per heavy atom. The molecule has 170 valence electrons.